The van der Waals surface area contributed by atoms with Crippen LogP contribution >= 0.6 is 0 Å². The fraction of sp³-hybridized carbons (Fsp3) is 0.684. The lowest BCUT2D eigenvalue weighted by Gasteiger charge is -2.35. The zero-order chi connectivity index (χ0) is 21.5. The summed E-state index contributed by atoms with van der Waals surface area (Å²) in [7, 11) is 1.32. The number of aliphatic hydroxyl groups is 1. The maximum atomic E-state index is 15.5. The SMILES string of the molecule is COC1=c2c(c(=O)[nH]c(=O)n2C2CC2)=C(N)C(F)C1N1CC2CC(F)(F)C(O)C2C1. The van der Waals surface area contributed by atoms with E-state index in [9.17, 15) is 23.5 Å². The standard InChI is InChI=1S/C19H23F3N4O4/c1-30-15-13-10(17(28)24-18(29)26(13)8-2-3-8)12(23)11(20)14(15)25-5-7-4-19(21,22)16(27)9(7)6-25/h7-9,11,14,16,27H,2-6,23H2,1H3,(H,24,28,29). The molecule has 1 aliphatic heterocycles. The fourth-order valence-electron chi connectivity index (χ4n) is 5.40. The number of hydrogen-bond acceptors (Lipinski definition) is 6. The Morgan fingerprint density at radius 3 is 2.57 bits per heavy atom. The molecule has 0 aromatic carbocycles. The van der Waals surface area contributed by atoms with Crippen LogP contribution in [-0.2, 0) is 4.74 Å². The third-order valence-electron chi connectivity index (χ3n) is 6.93. The van der Waals surface area contributed by atoms with Crippen LogP contribution in [0.25, 0.3) is 11.5 Å². The van der Waals surface area contributed by atoms with Gasteiger partial charge in [0, 0.05) is 31.5 Å². The number of aromatic amines is 1. The number of nitrogens with zero attached hydrogens (tertiary/aromatic N) is 2. The summed E-state index contributed by atoms with van der Waals surface area (Å²) in [5.41, 5.74) is 4.32. The van der Waals surface area contributed by atoms with E-state index in [2.05, 4.69) is 4.98 Å². The van der Waals surface area contributed by atoms with Crippen molar-refractivity contribution in [3.05, 3.63) is 31.4 Å². The van der Waals surface area contributed by atoms with Crippen molar-refractivity contribution < 1.29 is 23.0 Å². The molecule has 5 atom stereocenters. The first-order valence-electron chi connectivity index (χ1n) is 10.0. The molecule has 0 radical (unpaired) electrons. The third kappa shape index (κ3) is 2.60. The number of fused-ring (bicyclic) bond motifs is 2. The Balaban J connectivity index is 1.67. The van der Waals surface area contributed by atoms with Crippen molar-refractivity contribution in [2.45, 2.75) is 49.5 Å². The molecule has 2 saturated carbocycles. The Morgan fingerprint density at radius 1 is 1.27 bits per heavy atom. The van der Waals surface area contributed by atoms with Crippen LogP contribution in [-0.4, -0.2) is 64.0 Å². The second kappa shape index (κ2) is 6.36. The molecule has 30 heavy (non-hydrogen) atoms. The van der Waals surface area contributed by atoms with Crippen LogP contribution in [0.4, 0.5) is 13.2 Å². The molecule has 0 amide bonds. The maximum Gasteiger partial charge on any atom is 0.329 e. The van der Waals surface area contributed by atoms with Gasteiger partial charge >= 0.3 is 5.69 Å². The summed E-state index contributed by atoms with van der Waals surface area (Å²) in [6.07, 6.45) is -2.62. The smallest absolute Gasteiger partial charge is 0.329 e. The number of likely N-dealkylation sites (tertiary alicyclic amines) is 1. The Kier molecular flexibility index (Phi) is 4.17. The highest BCUT2D eigenvalue weighted by Gasteiger charge is 2.59. The van der Waals surface area contributed by atoms with E-state index in [0.717, 1.165) is 12.8 Å². The molecule has 11 heteroatoms. The summed E-state index contributed by atoms with van der Waals surface area (Å²) in [4.78, 5) is 28.8. The van der Waals surface area contributed by atoms with E-state index in [1.165, 1.54) is 11.7 Å². The Hall–Kier alpha value is -2.27. The van der Waals surface area contributed by atoms with Crippen LogP contribution in [0.2, 0.25) is 0 Å². The molecule has 5 unspecified atom stereocenters. The highest BCUT2D eigenvalue weighted by atomic mass is 19.3. The molecule has 4 aliphatic rings. The number of nitrogens with two attached hydrogens (primary N) is 1. The van der Waals surface area contributed by atoms with E-state index in [-0.39, 0.29) is 41.2 Å². The number of hydrogen-bond donors (Lipinski definition) is 3. The zero-order valence-corrected chi connectivity index (χ0v) is 16.3. The topological polar surface area (TPSA) is 114 Å². The fourth-order valence-corrected chi connectivity index (χ4v) is 5.40. The van der Waals surface area contributed by atoms with Crippen molar-refractivity contribution in [3.8, 4) is 0 Å². The van der Waals surface area contributed by atoms with E-state index in [4.69, 9.17) is 10.5 Å². The van der Waals surface area contributed by atoms with Crippen LogP contribution in [0.1, 0.15) is 25.3 Å². The molecular weight excluding hydrogens is 405 g/mol. The molecule has 3 fully saturated rings. The zero-order valence-electron chi connectivity index (χ0n) is 16.3. The van der Waals surface area contributed by atoms with Crippen LogP contribution in [0.5, 0.6) is 0 Å². The Bertz CT molecular complexity index is 1140. The summed E-state index contributed by atoms with van der Waals surface area (Å²) in [5.74, 6) is -4.26. The molecule has 1 aromatic rings. The normalized spacial score (nSPS) is 35.4. The van der Waals surface area contributed by atoms with Gasteiger partial charge in [-0.1, -0.05) is 0 Å². The lowest BCUT2D eigenvalue weighted by Crippen LogP contribution is -2.63. The number of nitrogens with one attached hydrogen (secondary N) is 1. The van der Waals surface area contributed by atoms with Gasteiger partial charge in [-0.2, -0.15) is 0 Å². The number of aromatic nitrogens is 2. The van der Waals surface area contributed by atoms with E-state index < -0.39 is 53.7 Å². The first kappa shape index (κ1) is 19.7. The second-order valence-corrected chi connectivity index (χ2v) is 8.74. The van der Waals surface area contributed by atoms with E-state index in [1.54, 1.807) is 4.90 Å². The predicted octanol–water partition coefficient (Wildman–Crippen LogP) is -1.64. The molecule has 2 heterocycles. The number of methoxy groups -OCH3 is 1. The number of halogens is 3. The molecule has 0 bridgehead atoms. The number of alkyl halides is 3. The summed E-state index contributed by atoms with van der Waals surface area (Å²) in [6, 6.07) is -1.21. The summed E-state index contributed by atoms with van der Waals surface area (Å²) in [5, 5.41) is 10.1. The average molecular weight is 428 g/mol. The molecule has 164 valence electrons. The van der Waals surface area contributed by atoms with Crippen LogP contribution in [0, 0.1) is 11.8 Å². The van der Waals surface area contributed by atoms with Gasteiger partial charge in [0.25, 0.3) is 11.5 Å². The highest BCUT2D eigenvalue weighted by Crippen LogP contribution is 2.48. The van der Waals surface area contributed by atoms with Gasteiger partial charge in [-0.05, 0) is 18.8 Å². The summed E-state index contributed by atoms with van der Waals surface area (Å²) >= 11 is 0. The maximum absolute atomic E-state index is 15.5. The summed E-state index contributed by atoms with van der Waals surface area (Å²) < 4.78 is 50.2. The molecular formula is C19H23F3N4O4. The van der Waals surface area contributed by atoms with Gasteiger partial charge in [-0.25, -0.2) is 18.0 Å². The molecule has 0 spiro atoms. The van der Waals surface area contributed by atoms with Crippen LogP contribution in [0.3, 0.4) is 0 Å². The van der Waals surface area contributed by atoms with Crippen molar-refractivity contribution in [2.75, 3.05) is 20.2 Å². The molecule has 5 rings (SSSR count). The monoisotopic (exact) mass is 428 g/mol. The van der Waals surface area contributed by atoms with Crippen molar-refractivity contribution in [1.29, 1.82) is 0 Å². The van der Waals surface area contributed by atoms with Gasteiger partial charge in [0.1, 0.15) is 17.9 Å². The Morgan fingerprint density at radius 2 is 1.97 bits per heavy atom. The average Bonchev–Trinajstić information content (AvgIpc) is 3.38. The minimum Gasteiger partial charge on any atom is -0.497 e. The summed E-state index contributed by atoms with van der Waals surface area (Å²) in [6.45, 7) is 0.174. The van der Waals surface area contributed by atoms with Crippen molar-refractivity contribution in [3.63, 3.8) is 0 Å². The second-order valence-electron chi connectivity index (χ2n) is 8.74. The van der Waals surface area contributed by atoms with Crippen molar-refractivity contribution >= 4 is 11.5 Å². The Labute approximate surface area is 168 Å². The number of ether oxygens (including phenoxy) is 1. The van der Waals surface area contributed by atoms with Gasteiger partial charge in [-0.15, -0.1) is 0 Å². The first-order chi connectivity index (χ1) is 14.2. The van der Waals surface area contributed by atoms with Crippen LogP contribution in [0.15, 0.2) is 9.59 Å². The number of H-pyrrole nitrogens is 1. The van der Waals surface area contributed by atoms with Gasteiger partial charge in [0.05, 0.1) is 23.4 Å². The van der Waals surface area contributed by atoms with Gasteiger partial charge < -0.3 is 15.6 Å². The van der Waals surface area contributed by atoms with Crippen molar-refractivity contribution in [1.82, 2.24) is 14.5 Å². The number of rotatable bonds is 3. The van der Waals surface area contributed by atoms with Crippen LogP contribution < -0.4 is 27.6 Å². The van der Waals surface area contributed by atoms with Gasteiger partial charge in [0.2, 0.25) is 0 Å². The predicted molar refractivity (Wildman–Crippen MR) is 99.7 cm³/mol. The largest absolute Gasteiger partial charge is 0.497 e. The van der Waals surface area contributed by atoms with E-state index in [1.807, 2.05) is 0 Å². The number of aliphatic hydroxyl groups excluding tert-OH is 1. The van der Waals surface area contributed by atoms with Gasteiger partial charge in [-0.3, -0.25) is 19.2 Å². The molecule has 4 N–H and O–H groups in total. The van der Waals surface area contributed by atoms with Gasteiger partial charge in [0.15, 0.2) is 6.17 Å². The van der Waals surface area contributed by atoms with E-state index >= 15 is 4.39 Å². The first-order valence-corrected chi connectivity index (χ1v) is 10.0. The minimum absolute atomic E-state index is 0.0405. The van der Waals surface area contributed by atoms with Crippen molar-refractivity contribution in [2.24, 2.45) is 17.6 Å². The lowest BCUT2D eigenvalue weighted by atomic mass is 9.98. The van der Waals surface area contributed by atoms with E-state index in [0.29, 0.717) is 0 Å². The minimum atomic E-state index is -3.16. The molecule has 1 aromatic heterocycles. The lowest BCUT2D eigenvalue weighted by molar-refractivity contribution is -0.102. The molecule has 1 saturated heterocycles. The third-order valence-corrected chi connectivity index (χ3v) is 6.93. The highest BCUT2D eigenvalue weighted by molar-refractivity contribution is 5.60. The molecule has 8 nitrogen and oxygen atoms in total. The molecule has 3 aliphatic carbocycles. The quantitative estimate of drug-likeness (QED) is 0.533.